The number of amides is 4. The number of piperidine rings is 1. The first-order chi connectivity index (χ1) is 11.0. The Balaban J connectivity index is 1.95. The summed E-state index contributed by atoms with van der Waals surface area (Å²) in [5, 5.41) is 2.61. The summed E-state index contributed by atoms with van der Waals surface area (Å²) in [5.41, 5.74) is 2.56. The smallest absolute Gasteiger partial charge is 0.309 e. The number of carbonyl (C=O) groups is 3. The van der Waals surface area contributed by atoms with E-state index in [0.717, 1.165) is 19.3 Å². The summed E-state index contributed by atoms with van der Waals surface area (Å²) in [6, 6.07) is -0.794. The summed E-state index contributed by atoms with van der Waals surface area (Å²) in [4.78, 5) is 43.5. The zero-order valence-electron chi connectivity index (χ0n) is 14.1. The minimum absolute atomic E-state index is 0.0124. The van der Waals surface area contributed by atoms with Gasteiger partial charge in [0.2, 0.25) is 5.91 Å². The third kappa shape index (κ3) is 3.74. The molecule has 130 valence electrons. The van der Waals surface area contributed by atoms with Crippen LogP contribution in [0.2, 0.25) is 0 Å². The van der Waals surface area contributed by atoms with Crippen LogP contribution in [-0.2, 0) is 14.4 Å². The van der Waals surface area contributed by atoms with Crippen LogP contribution in [0.4, 0.5) is 4.79 Å². The highest BCUT2D eigenvalue weighted by atomic mass is 16.7. The molecule has 1 N–H and O–H groups in total. The summed E-state index contributed by atoms with van der Waals surface area (Å²) in [7, 11) is 1.52. The van der Waals surface area contributed by atoms with Crippen molar-refractivity contribution in [1.29, 1.82) is 0 Å². The number of hydrogen-bond acceptors (Lipinski definition) is 4. The van der Waals surface area contributed by atoms with Crippen LogP contribution in [0.3, 0.4) is 0 Å². The first kappa shape index (κ1) is 17.5. The van der Waals surface area contributed by atoms with Gasteiger partial charge in [0.1, 0.15) is 6.04 Å². The lowest BCUT2D eigenvalue weighted by Gasteiger charge is -2.30. The molecule has 0 spiro atoms. The molecule has 8 heteroatoms. The maximum Gasteiger partial charge on any atom is 0.345 e. The quantitative estimate of drug-likeness (QED) is 0.580. The lowest BCUT2D eigenvalue weighted by atomic mass is 10.0. The SMILES string of the molecule is CCCCON1C(=O)N2C[C@@H]1CC[C@H]2C(=O)NN(C)C(=O)CC. The largest absolute Gasteiger partial charge is 0.345 e. The van der Waals surface area contributed by atoms with E-state index < -0.39 is 6.04 Å². The predicted octanol–water partition coefficient (Wildman–Crippen LogP) is 0.886. The number of carbonyl (C=O) groups excluding carboxylic acids is 3. The van der Waals surface area contributed by atoms with E-state index in [0.29, 0.717) is 26.0 Å². The molecule has 4 amide bonds. The predicted molar refractivity (Wildman–Crippen MR) is 82.8 cm³/mol. The van der Waals surface area contributed by atoms with Crippen LogP contribution < -0.4 is 5.43 Å². The number of nitrogens with one attached hydrogen (secondary N) is 1. The molecule has 2 saturated heterocycles. The molecule has 2 atom stereocenters. The number of unbranched alkanes of at least 4 members (excludes halogenated alkanes) is 1. The minimum Gasteiger partial charge on any atom is -0.309 e. The summed E-state index contributed by atoms with van der Waals surface area (Å²) in [5.74, 6) is -0.499. The van der Waals surface area contributed by atoms with Gasteiger partial charge in [-0.1, -0.05) is 20.3 Å². The Morgan fingerprint density at radius 2 is 2.09 bits per heavy atom. The summed E-state index contributed by atoms with van der Waals surface area (Å²) in [6.07, 6.45) is 3.50. The average Bonchev–Trinajstić information content (AvgIpc) is 2.78. The number of rotatable bonds is 6. The molecule has 2 aliphatic heterocycles. The molecule has 2 heterocycles. The second-order valence-electron chi connectivity index (χ2n) is 5.98. The zero-order chi connectivity index (χ0) is 17.0. The molecule has 8 nitrogen and oxygen atoms in total. The maximum absolute atomic E-state index is 12.4. The van der Waals surface area contributed by atoms with Gasteiger partial charge in [0.15, 0.2) is 0 Å². The van der Waals surface area contributed by atoms with E-state index in [1.165, 1.54) is 17.1 Å². The molecule has 0 unspecified atom stereocenters. The zero-order valence-corrected chi connectivity index (χ0v) is 14.1. The van der Waals surface area contributed by atoms with Crippen molar-refractivity contribution >= 4 is 17.8 Å². The molecular formula is C15H26N4O4. The highest BCUT2D eigenvalue weighted by Gasteiger charge is 2.48. The summed E-state index contributed by atoms with van der Waals surface area (Å²) < 4.78 is 0. The Bertz CT molecular complexity index is 470. The fraction of sp³-hybridized carbons (Fsp3) is 0.800. The van der Waals surface area contributed by atoms with Gasteiger partial charge in [-0.05, 0) is 19.3 Å². The lowest BCUT2D eigenvalue weighted by Crippen LogP contribution is -2.54. The standard InChI is InChI=1S/C15H26N4O4/c1-4-6-9-23-19-11-7-8-12(18(10-11)15(19)22)14(21)16-17(3)13(20)5-2/h11-12H,4-10H2,1-3H3,(H,16,21)/t11-,12-/m0/s1. The third-order valence-electron chi connectivity index (χ3n) is 4.31. The van der Waals surface area contributed by atoms with E-state index in [-0.39, 0.29) is 23.9 Å². The monoisotopic (exact) mass is 326 g/mol. The van der Waals surface area contributed by atoms with Crippen molar-refractivity contribution in [2.24, 2.45) is 0 Å². The molecule has 0 aromatic carbocycles. The third-order valence-corrected chi connectivity index (χ3v) is 4.31. The van der Waals surface area contributed by atoms with Crippen molar-refractivity contribution in [3.63, 3.8) is 0 Å². The topological polar surface area (TPSA) is 82.2 Å². The van der Waals surface area contributed by atoms with Crippen molar-refractivity contribution in [2.75, 3.05) is 20.2 Å². The Morgan fingerprint density at radius 3 is 2.74 bits per heavy atom. The Morgan fingerprint density at radius 1 is 1.35 bits per heavy atom. The van der Waals surface area contributed by atoms with Crippen molar-refractivity contribution < 1.29 is 19.2 Å². The molecule has 2 rings (SSSR count). The van der Waals surface area contributed by atoms with Gasteiger partial charge in [0, 0.05) is 20.0 Å². The van der Waals surface area contributed by atoms with Crippen LogP contribution >= 0.6 is 0 Å². The molecule has 0 saturated carbocycles. The van der Waals surface area contributed by atoms with E-state index in [9.17, 15) is 14.4 Å². The van der Waals surface area contributed by atoms with Crippen molar-refractivity contribution in [3.8, 4) is 0 Å². The first-order valence-electron chi connectivity index (χ1n) is 8.29. The number of hydrazine groups is 1. The van der Waals surface area contributed by atoms with Crippen LogP contribution in [0.15, 0.2) is 0 Å². The number of hydroxylamine groups is 2. The van der Waals surface area contributed by atoms with Crippen LogP contribution in [-0.4, -0.2) is 65.1 Å². The van der Waals surface area contributed by atoms with Gasteiger partial charge in [-0.3, -0.25) is 24.9 Å². The van der Waals surface area contributed by atoms with Crippen molar-refractivity contribution in [3.05, 3.63) is 0 Å². The second kappa shape index (κ2) is 7.63. The fourth-order valence-corrected chi connectivity index (χ4v) is 2.92. The summed E-state index contributed by atoms with van der Waals surface area (Å²) >= 11 is 0. The first-order valence-corrected chi connectivity index (χ1v) is 8.29. The lowest BCUT2D eigenvalue weighted by molar-refractivity contribution is -0.141. The van der Waals surface area contributed by atoms with Gasteiger partial charge < -0.3 is 4.90 Å². The highest BCUT2D eigenvalue weighted by Crippen LogP contribution is 2.30. The number of nitrogens with zero attached hydrogens (tertiary/aromatic N) is 3. The van der Waals surface area contributed by atoms with Gasteiger partial charge in [-0.2, -0.15) is 5.06 Å². The average molecular weight is 326 g/mol. The van der Waals surface area contributed by atoms with Gasteiger partial charge in [0.05, 0.1) is 12.6 Å². The van der Waals surface area contributed by atoms with Gasteiger partial charge >= 0.3 is 6.03 Å². The molecule has 0 aromatic heterocycles. The van der Waals surface area contributed by atoms with Crippen molar-refractivity contribution in [1.82, 2.24) is 20.4 Å². The highest BCUT2D eigenvalue weighted by molar-refractivity contribution is 5.89. The van der Waals surface area contributed by atoms with Crippen LogP contribution in [0.25, 0.3) is 0 Å². The van der Waals surface area contributed by atoms with E-state index in [2.05, 4.69) is 12.3 Å². The molecule has 2 aliphatic rings. The molecule has 0 aliphatic carbocycles. The number of urea groups is 1. The number of fused-ring (bicyclic) bond motifs is 2. The van der Waals surface area contributed by atoms with E-state index in [1.807, 2.05) is 0 Å². The fourth-order valence-electron chi connectivity index (χ4n) is 2.92. The Hall–Kier alpha value is -1.83. The number of hydrogen-bond donors (Lipinski definition) is 1. The molecule has 0 radical (unpaired) electrons. The van der Waals surface area contributed by atoms with Crippen molar-refractivity contribution in [2.45, 2.75) is 58.0 Å². The van der Waals surface area contributed by atoms with Crippen LogP contribution in [0.5, 0.6) is 0 Å². The van der Waals surface area contributed by atoms with E-state index >= 15 is 0 Å². The minimum atomic E-state index is -0.550. The van der Waals surface area contributed by atoms with Crippen LogP contribution in [0, 0.1) is 0 Å². The van der Waals surface area contributed by atoms with Gasteiger partial charge in [-0.25, -0.2) is 4.79 Å². The Kier molecular flexibility index (Phi) is 5.81. The van der Waals surface area contributed by atoms with E-state index in [4.69, 9.17) is 4.84 Å². The van der Waals surface area contributed by atoms with Gasteiger partial charge in [-0.15, -0.1) is 0 Å². The molecular weight excluding hydrogens is 300 g/mol. The molecule has 2 bridgehead atoms. The van der Waals surface area contributed by atoms with Gasteiger partial charge in [0.25, 0.3) is 5.91 Å². The molecule has 23 heavy (non-hydrogen) atoms. The summed E-state index contributed by atoms with van der Waals surface area (Å²) in [6.45, 7) is 4.79. The normalized spacial score (nSPS) is 23.2. The van der Waals surface area contributed by atoms with Crippen LogP contribution in [0.1, 0.15) is 46.0 Å². The maximum atomic E-state index is 12.4. The van der Waals surface area contributed by atoms with E-state index in [1.54, 1.807) is 11.8 Å². The second-order valence-corrected chi connectivity index (χ2v) is 5.98. The Labute approximate surface area is 136 Å². The molecule has 0 aromatic rings. The molecule has 2 fully saturated rings.